The molecule has 0 aliphatic heterocycles. The van der Waals surface area contributed by atoms with Gasteiger partial charge in [-0.15, -0.1) is 0 Å². The van der Waals surface area contributed by atoms with Crippen molar-refractivity contribution in [2.45, 2.75) is 19.8 Å². The molecular formula is C12H14OSe. The van der Waals surface area contributed by atoms with Crippen LogP contribution in [0.1, 0.15) is 19.8 Å². The molecule has 0 aliphatic carbocycles. The zero-order chi connectivity index (χ0) is 9.80. The summed E-state index contributed by atoms with van der Waals surface area (Å²) in [6.07, 6.45) is 2.34. The molecule has 0 saturated carbocycles. The van der Waals surface area contributed by atoms with Gasteiger partial charge in [-0.25, -0.2) is 0 Å². The molecule has 1 heterocycles. The van der Waals surface area contributed by atoms with Gasteiger partial charge < -0.3 is 0 Å². The first kappa shape index (κ1) is 9.82. The first-order valence-electron chi connectivity index (χ1n) is 5.01. The van der Waals surface area contributed by atoms with Gasteiger partial charge >= 0.3 is 90.2 Å². The van der Waals surface area contributed by atoms with Gasteiger partial charge in [-0.3, -0.25) is 0 Å². The number of unbranched alkanes of at least 4 members (excludes halogenated alkanes) is 1. The Bertz CT molecular complexity index is 405. The van der Waals surface area contributed by atoms with Gasteiger partial charge in [-0.05, 0) is 0 Å². The van der Waals surface area contributed by atoms with E-state index >= 15 is 0 Å². The molecule has 0 spiro atoms. The van der Waals surface area contributed by atoms with Crippen LogP contribution in [0.25, 0.3) is 9.65 Å². The van der Waals surface area contributed by atoms with Crippen LogP contribution in [0, 0.1) is 0 Å². The molecule has 1 nitrogen and oxygen atoms in total. The molecular weight excluding hydrogens is 239 g/mol. The summed E-state index contributed by atoms with van der Waals surface area (Å²) in [4.78, 5) is 2.25. The molecule has 0 aliphatic rings. The van der Waals surface area contributed by atoms with E-state index in [-0.39, 0.29) is 0 Å². The van der Waals surface area contributed by atoms with E-state index in [0.29, 0.717) is 14.5 Å². The number of ether oxygens (including phenoxy) is 1. The van der Waals surface area contributed by atoms with E-state index in [1.165, 1.54) is 16.1 Å². The Hall–Kier alpha value is -0.721. The van der Waals surface area contributed by atoms with Gasteiger partial charge in [0.15, 0.2) is 0 Å². The van der Waals surface area contributed by atoms with Crippen molar-refractivity contribution < 1.29 is 4.74 Å². The first-order chi connectivity index (χ1) is 6.92. The fraction of sp³-hybridized carbons (Fsp3) is 0.333. The van der Waals surface area contributed by atoms with Crippen molar-refractivity contribution in [3.05, 3.63) is 29.2 Å². The third-order valence-corrected chi connectivity index (χ3v) is 4.18. The molecule has 0 N–H and O–H groups in total. The molecule has 0 unspecified atom stereocenters. The van der Waals surface area contributed by atoms with Crippen LogP contribution in [0.5, 0.6) is 5.75 Å². The molecule has 0 radical (unpaired) electrons. The minimum absolute atomic E-state index is 0.484. The second-order valence-electron chi connectivity index (χ2n) is 3.30. The summed E-state index contributed by atoms with van der Waals surface area (Å²) >= 11 is 0.484. The third-order valence-electron chi connectivity index (χ3n) is 2.20. The summed E-state index contributed by atoms with van der Waals surface area (Å²) in [6, 6.07) is 8.52. The van der Waals surface area contributed by atoms with E-state index in [1.54, 1.807) is 0 Å². The van der Waals surface area contributed by atoms with Crippen molar-refractivity contribution in [1.82, 2.24) is 0 Å². The Morgan fingerprint density at radius 1 is 1.29 bits per heavy atom. The molecule has 2 heteroatoms. The molecule has 0 atom stereocenters. The fourth-order valence-electron chi connectivity index (χ4n) is 1.41. The van der Waals surface area contributed by atoms with Crippen LogP contribution in [0.3, 0.4) is 0 Å². The van der Waals surface area contributed by atoms with Crippen molar-refractivity contribution in [3.63, 3.8) is 0 Å². The van der Waals surface area contributed by atoms with Crippen LogP contribution in [0.4, 0.5) is 0 Å². The summed E-state index contributed by atoms with van der Waals surface area (Å²) in [5.74, 6) is 1.10. The molecule has 14 heavy (non-hydrogen) atoms. The van der Waals surface area contributed by atoms with Crippen molar-refractivity contribution >= 4 is 24.1 Å². The molecule has 2 rings (SSSR count). The van der Waals surface area contributed by atoms with E-state index in [1.807, 2.05) is 0 Å². The van der Waals surface area contributed by atoms with E-state index in [0.717, 1.165) is 18.8 Å². The molecule has 0 fully saturated rings. The van der Waals surface area contributed by atoms with Crippen molar-refractivity contribution in [1.29, 1.82) is 0 Å². The summed E-state index contributed by atoms with van der Waals surface area (Å²) < 4.78 is 7.18. The van der Waals surface area contributed by atoms with Gasteiger partial charge in [-0.2, -0.15) is 0 Å². The first-order valence-corrected chi connectivity index (χ1v) is 6.85. The van der Waals surface area contributed by atoms with Crippen LogP contribution < -0.4 is 4.74 Å². The van der Waals surface area contributed by atoms with Gasteiger partial charge in [0.25, 0.3) is 0 Å². The van der Waals surface area contributed by atoms with Crippen LogP contribution >= 0.6 is 0 Å². The van der Waals surface area contributed by atoms with Crippen LogP contribution in [-0.4, -0.2) is 21.1 Å². The SMILES string of the molecule is CCCCOc1cccc2cc[se]c12. The van der Waals surface area contributed by atoms with Crippen molar-refractivity contribution in [3.8, 4) is 5.75 Å². The van der Waals surface area contributed by atoms with E-state index in [2.05, 4.69) is 36.1 Å². The number of benzene rings is 1. The zero-order valence-electron chi connectivity index (χ0n) is 8.32. The van der Waals surface area contributed by atoms with Crippen LogP contribution in [0.15, 0.2) is 29.2 Å². The molecule has 1 aromatic heterocycles. The second kappa shape index (κ2) is 4.68. The Balaban J connectivity index is 2.19. The van der Waals surface area contributed by atoms with Gasteiger partial charge in [0.1, 0.15) is 0 Å². The topological polar surface area (TPSA) is 9.23 Å². The molecule has 74 valence electrons. The van der Waals surface area contributed by atoms with E-state index in [4.69, 9.17) is 4.74 Å². The Morgan fingerprint density at radius 3 is 3.07 bits per heavy atom. The fourth-order valence-corrected chi connectivity index (χ4v) is 3.22. The average Bonchev–Trinajstić information content (AvgIpc) is 2.67. The van der Waals surface area contributed by atoms with Crippen LogP contribution in [-0.2, 0) is 0 Å². The standard InChI is InChI=1S/C12H14OSe/c1-2-3-8-13-11-6-4-5-10-7-9-14-12(10)11/h4-7,9H,2-3,8H2,1H3. The normalized spacial score (nSPS) is 10.6. The number of rotatable bonds is 4. The molecule has 1 aromatic carbocycles. The van der Waals surface area contributed by atoms with E-state index < -0.39 is 0 Å². The third kappa shape index (κ3) is 2.02. The quantitative estimate of drug-likeness (QED) is 0.601. The maximum absolute atomic E-state index is 5.76. The Labute approximate surface area is 90.4 Å². The Kier molecular flexibility index (Phi) is 3.28. The summed E-state index contributed by atoms with van der Waals surface area (Å²) in [7, 11) is 0. The van der Waals surface area contributed by atoms with Gasteiger partial charge in [0.05, 0.1) is 0 Å². The summed E-state index contributed by atoms with van der Waals surface area (Å²) in [5.41, 5.74) is 0. The average molecular weight is 253 g/mol. The number of hydrogen-bond acceptors (Lipinski definition) is 1. The van der Waals surface area contributed by atoms with E-state index in [9.17, 15) is 0 Å². The van der Waals surface area contributed by atoms with Crippen molar-refractivity contribution in [2.24, 2.45) is 0 Å². The number of fused-ring (bicyclic) bond motifs is 1. The Morgan fingerprint density at radius 2 is 2.21 bits per heavy atom. The predicted octanol–water partition coefficient (Wildman–Crippen LogP) is 3.08. The van der Waals surface area contributed by atoms with Gasteiger partial charge in [0, 0.05) is 0 Å². The van der Waals surface area contributed by atoms with Gasteiger partial charge in [0.2, 0.25) is 0 Å². The molecule has 0 bridgehead atoms. The molecule has 2 aromatic rings. The predicted molar refractivity (Wildman–Crippen MR) is 61.3 cm³/mol. The van der Waals surface area contributed by atoms with Gasteiger partial charge in [-0.1, -0.05) is 0 Å². The second-order valence-corrected chi connectivity index (χ2v) is 5.22. The monoisotopic (exact) mass is 254 g/mol. The zero-order valence-corrected chi connectivity index (χ0v) is 10.0. The molecule has 0 amide bonds. The van der Waals surface area contributed by atoms with Crippen LogP contribution in [0.2, 0.25) is 0 Å². The van der Waals surface area contributed by atoms with Crippen molar-refractivity contribution in [2.75, 3.05) is 6.61 Å². The minimum atomic E-state index is 0.484. The molecule has 0 saturated heterocycles. The summed E-state index contributed by atoms with van der Waals surface area (Å²) in [6.45, 7) is 3.04. The summed E-state index contributed by atoms with van der Waals surface area (Å²) in [5, 5.41) is 1.35. The number of hydrogen-bond donors (Lipinski definition) is 0. The maximum atomic E-state index is 5.76.